The predicted octanol–water partition coefficient (Wildman–Crippen LogP) is 2.53. The van der Waals surface area contributed by atoms with Crippen molar-refractivity contribution in [1.82, 2.24) is 15.5 Å². The lowest BCUT2D eigenvalue weighted by molar-refractivity contribution is 0.367. The first-order valence-corrected chi connectivity index (χ1v) is 6.84. The van der Waals surface area contributed by atoms with Gasteiger partial charge in [0.2, 0.25) is 5.89 Å². The number of benzene rings is 1. The summed E-state index contributed by atoms with van der Waals surface area (Å²) in [5, 5.41) is 7.34. The van der Waals surface area contributed by atoms with Crippen molar-refractivity contribution < 1.29 is 4.52 Å². The quantitative estimate of drug-likeness (QED) is 0.830. The van der Waals surface area contributed by atoms with Gasteiger partial charge in [0.15, 0.2) is 5.82 Å². The number of nitrogens with zero attached hydrogens (tertiary/aromatic N) is 2. The summed E-state index contributed by atoms with van der Waals surface area (Å²) in [5.41, 5.74) is 1.37. The fourth-order valence-electron chi connectivity index (χ4n) is 2.08. The highest BCUT2D eigenvalue weighted by atomic mass is 16.5. The Morgan fingerprint density at radius 3 is 2.68 bits per heavy atom. The molecule has 1 N–H and O–H groups in total. The van der Waals surface area contributed by atoms with E-state index in [4.69, 9.17) is 4.52 Å². The van der Waals surface area contributed by atoms with Crippen LogP contribution in [0.25, 0.3) is 0 Å². The monoisotopic (exact) mass is 259 g/mol. The lowest BCUT2D eigenvalue weighted by Gasteiger charge is -2.16. The number of aromatic nitrogens is 2. The van der Waals surface area contributed by atoms with Crippen LogP contribution in [0, 0.1) is 6.92 Å². The fraction of sp³-hybridized carbons (Fsp3) is 0.467. The molecule has 0 aliphatic rings. The smallest absolute Gasteiger partial charge is 0.227 e. The topological polar surface area (TPSA) is 51.0 Å². The molecular formula is C15H21N3O. The largest absolute Gasteiger partial charge is 0.339 e. The maximum atomic E-state index is 5.10. The van der Waals surface area contributed by atoms with E-state index in [1.807, 2.05) is 6.92 Å². The Labute approximate surface area is 114 Å². The van der Waals surface area contributed by atoms with Crippen LogP contribution in [-0.2, 0) is 12.8 Å². The molecule has 1 aromatic carbocycles. The third kappa shape index (κ3) is 4.48. The highest BCUT2D eigenvalue weighted by molar-refractivity contribution is 5.15. The number of hydrogen-bond donors (Lipinski definition) is 1. The highest BCUT2D eigenvalue weighted by Crippen LogP contribution is 2.05. The third-order valence-corrected chi connectivity index (χ3v) is 3.16. The van der Waals surface area contributed by atoms with Crippen LogP contribution in [0.5, 0.6) is 0 Å². The van der Waals surface area contributed by atoms with Crippen LogP contribution in [0.15, 0.2) is 34.9 Å². The number of aryl methyl sites for hydroxylation is 1. The van der Waals surface area contributed by atoms with Gasteiger partial charge in [-0.05, 0) is 25.3 Å². The molecule has 19 heavy (non-hydrogen) atoms. The minimum atomic E-state index is 0.492. The maximum Gasteiger partial charge on any atom is 0.227 e. The van der Waals surface area contributed by atoms with Crippen molar-refractivity contribution in [3.05, 3.63) is 47.6 Å². The maximum absolute atomic E-state index is 5.10. The average molecular weight is 259 g/mol. The van der Waals surface area contributed by atoms with Crippen molar-refractivity contribution in [2.24, 2.45) is 0 Å². The third-order valence-electron chi connectivity index (χ3n) is 3.16. The van der Waals surface area contributed by atoms with Crippen LogP contribution in [0.1, 0.15) is 30.6 Å². The van der Waals surface area contributed by atoms with Crippen LogP contribution < -0.4 is 5.32 Å². The molecule has 0 aliphatic heterocycles. The minimum absolute atomic E-state index is 0.492. The molecule has 102 valence electrons. The van der Waals surface area contributed by atoms with Crippen molar-refractivity contribution in [1.29, 1.82) is 0 Å². The molecule has 0 saturated heterocycles. The summed E-state index contributed by atoms with van der Waals surface area (Å²) in [6, 6.07) is 11.1. The van der Waals surface area contributed by atoms with Gasteiger partial charge in [0, 0.05) is 19.0 Å². The number of hydrogen-bond acceptors (Lipinski definition) is 4. The summed E-state index contributed by atoms with van der Waals surface area (Å²) in [6.45, 7) is 4.91. The molecular weight excluding hydrogens is 238 g/mol. The van der Waals surface area contributed by atoms with Gasteiger partial charge in [0.05, 0.1) is 0 Å². The van der Waals surface area contributed by atoms with E-state index in [0.29, 0.717) is 17.8 Å². The standard InChI is InChI=1S/C15H21N3O/c1-3-14(11-13-7-5-4-6-8-13)16-10-9-15-17-12(2)18-19-15/h4-8,14,16H,3,9-11H2,1-2H3. The second kappa shape index (κ2) is 7.04. The molecule has 4 heteroatoms. The van der Waals surface area contributed by atoms with E-state index in [0.717, 1.165) is 25.8 Å². The molecule has 1 unspecified atom stereocenters. The van der Waals surface area contributed by atoms with Gasteiger partial charge in [-0.1, -0.05) is 42.4 Å². The van der Waals surface area contributed by atoms with Gasteiger partial charge in [-0.15, -0.1) is 0 Å². The van der Waals surface area contributed by atoms with Crippen LogP contribution in [-0.4, -0.2) is 22.7 Å². The first kappa shape index (κ1) is 13.7. The highest BCUT2D eigenvalue weighted by Gasteiger charge is 2.08. The second-order valence-corrected chi connectivity index (χ2v) is 4.73. The molecule has 0 aliphatic carbocycles. The van der Waals surface area contributed by atoms with E-state index in [-0.39, 0.29) is 0 Å². The summed E-state index contributed by atoms with van der Waals surface area (Å²) in [4.78, 5) is 4.20. The van der Waals surface area contributed by atoms with E-state index < -0.39 is 0 Å². The summed E-state index contributed by atoms with van der Waals surface area (Å²) in [7, 11) is 0. The van der Waals surface area contributed by atoms with Gasteiger partial charge in [-0.25, -0.2) is 0 Å². The van der Waals surface area contributed by atoms with Crippen molar-refractivity contribution in [3.8, 4) is 0 Å². The normalized spacial score (nSPS) is 12.5. The Hall–Kier alpha value is -1.68. The zero-order valence-electron chi connectivity index (χ0n) is 11.6. The molecule has 0 bridgehead atoms. The van der Waals surface area contributed by atoms with Crippen molar-refractivity contribution in [2.45, 2.75) is 39.2 Å². The van der Waals surface area contributed by atoms with E-state index in [1.165, 1.54) is 5.56 Å². The number of rotatable bonds is 7. The molecule has 1 heterocycles. The predicted molar refractivity (Wildman–Crippen MR) is 75.0 cm³/mol. The summed E-state index contributed by atoms with van der Waals surface area (Å²) in [5.74, 6) is 1.41. The SMILES string of the molecule is CCC(Cc1ccccc1)NCCc1nc(C)no1. The van der Waals surface area contributed by atoms with Crippen LogP contribution in [0.4, 0.5) is 0 Å². The molecule has 0 fully saturated rings. The van der Waals surface area contributed by atoms with Gasteiger partial charge in [-0.2, -0.15) is 4.98 Å². The summed E-state index contributed by atoms with van der Waals surface area (Å²) >= 11 is 0. The first-order valence-electron chi connectivity index (χ1n) is 6.84. The van der Waals surface area contributed by atoms with Gasteiger partial charge >= 0.3 is 0 Å². The molecule has 1 atom stereocenters. The second-order valence-electron chi connectivity index (χ2n) is 4.73. The van der Waals surface area contributed by atoms with Crippen molar-refractivity contribution >= 4 is 0 Å². The molecule has 0 radical (unpaired) electrons. The van der Waals surface area contributed by atoms with Crippen LogP contribution >= 0.6 is 0 Å². The Kier molecular flexibility index (Phi) is 5.10. The minimum Gasteiger partial charge on any atom is -0.339 e. The van der Waals surface area contributed by atoms with Crippen molar-refractivity contribution in [2.75, 3.05) is 6.54 Å². The van der Waals surface area contributed by atoms with Gasteiger partial charge in [0.25, 0.3) is 0 Å². The number of nitrogens with one attached hydrogen (secondary N) is 1. The molecule has 4 nitrogen and oxygen atoms in total. The van der Waals surface area contributed by atoms with Crippen LogP contribution in [0.3, 0.4) is 0 Å². The fourth-order valence-corrected chi connectivity index (χ4v) is 2.08. The van der Waals surface area contributed by atoms with Gasteiger partial charge in [-0.3, -0.25) is 0 Å². The Morgan fingerprint density at radius 1 is 1.26 bits per heavy atom. The van der Waals surface area contributed by atoms with E-state index in [2.05, 4.69) is 52.7 Å². The van der Waals surface area contributed by atoms with E-state index >= 15 is 0 Å². The molecule has 2 aromatic rings. The lowest BCUT2D eigenvalue weighted by Crippen LogP contribution is -2.32. The zero-order chi connectivity index (χ0) is 13.5. The zero-order valence-corrected chi connectivity index (χ0v) is 11.6. The molecule has 1 aromatic heterocycles. The molecule has 0 spiro atoms. The van der Waals surface area contributed by atoms with Gasteiger partial charge in [0.1, 0.15) is 0 Å². The Bertz CT molecular complexity index is 481. The van der Waals surface area contributed by atoms with Crippen molar-refractivity contribution in [3.63, 3.8) is 0 Å². The average Bonchev–Trinajstić information content (AvgIpc) is 2.84. The summed E-state index contributed by atoms with van der Waals surface area (Å²) < 4.78 is 5.10. The summed E-state index contributed by atoms with van der Waals surface area (Å²) in [6.07, 6.45) is 2.95. The molecule has 0 saturated carbocycles. The first-order chi connectivity index (χ1) is 9.28. The lowest BCUT2D eigenvalue weighted by atomic mass is 10.0. The van der Waals surface area contributed by atoms with Gasteiger partial charge < -0.3 is 9.84 Å². The molecule has 0 amide bonds. The Balaban J connectivity index is 1.76. The van der Waals surface area contributed by atoms with E-state index in [1.54, 1.807) is 0 Å². The van der Waals surface area contributed by atoms with Crippen LogP contribution in [0.2, 0.25) is 0 Å². The molecule has 2 rings (SSSR count). The van der Waals surface area contributed by atoms with E-state index in [9.17, 15) is 0 Å². The Morgan fingerprint density at radius 2 is 2.05 bits per heavy atom.